The van der Waals surface area contributed by atoms with Gasteiger partial charge in [0.05, 0.1) is 25.0 Å². The van der Waals surface area contributed by atoms with Gasteiger partial charge in [-0.05, 0) is 56.0 Å². The van der Waals surface area contributed by atoms with E-state index in [1.807, 2.05) is 19.1 Å². The Bertz CT molecular complexity index is 1060. The predicted molar refractivity (Wildman–Crippen MR) is 121 cm³/mol. The molecule has 1 aromatic carbocycles. The fourth-order valence-electron chi connectivity index (χ4n) is 3.99. The maximum Gasteiger partial charge on any atom is 0.309 e. The van der Waals surface area contributed by atoms with Crippen molar-refractivity contribution in [3.8, 4) is 16.9 Å². The molecule has 2 aromatic heterocycles. The molecule has 0 bridgehead atoms. The summed E-state index contributed by atoms with van der Waals surface area (Å²) in [7, 11) is 1.66. The smallest absolute Gasteiger partial charge is 0.309 e. The zero-order valence-corrected chi connectivity index (χ0v) is 18.8. The van der Waals surface area contributed by atoms with Gasteiger partial charge in [0.25, 0.3) is 0 Å². The van der Waals surface area contributed by atoms with Crippen molar-refractivity contribution in [1.82, 2.24) is 9.97 Å². The van der Waals surface area contributed by atoms with Gasteiger partial charge in [0, 0.05) is 23.5 Å². The number of carbonyl (C=O) groups is 1. The first kappa shape index (κ1) is 20.9. The number of methoxy groups -OCH3 is 1. The van der Waals surface area contributed by atoms with E-state index in [1.165, 1.54) is 0 Å². The van der Waals surface area contributed by atoms with Gasteiger partial charge in [-0.25, -0.2) is 4.98 Å². The summed E-state index contributed by atoms with van der Waals surface area (Å²) in [5.41, 5.74) is 2.21. The van der Waals surface area contributed by atoms with Crippen LogP contribution in [0.3, 0.4) is 0 Å². The Labute approximate surface area is 184 Å². The largest absolute Gasteiger partial charge is 0.497 e. The van der Waals surface area contributed by atoms with Crippen LogP contribution in [0.25, 0.3) is 21.3 Å². The third-order valence-corrected chi connectivity index (χ3v) is 6.64. The van der Waals surface area contributed by atoms with Crippen LogP contribution in [0.15, 0.2) is 24.3 Å². The monoisotopic (exact) mass is 445 g/mol. The summed E-state index contributed by atoms with van der Waals surface area (Å²) in [5, 5.41) is 1.26. The Balaban J connectivity index is 1.72. The molecule has 0 aliphatic carbocycles. The first-order valence-corrected chi connectivity index (χ1v) is 11.2. The summed E-state index contributed by atoms with van der Waals surface area (Å²) in [6, 6.07) is 8.02. The lowest BCUT2D eigenvalue weighted by Crippen LogP contribution is -2.37. The van der Waals surface area contributed by atoms with E-state index in [0.717, 1.165) is 63.7 Å². The molecule has 3 aromatic rings. The summed E-state index contributed by atoms with van der Waals surface area (Å²) in [6.07, 6.45) is 1.48. The third-order valence-electron chi connectivity index (χ3n) is 5.47. The Morgan fingerprint density at radius 3 is 2.57 bits per heavy atom. The number of carbonyl (C=O) groups excluding carboxylic acids is 1. The highest BCUT2D eigenvalue weighted by molar-refractivity contribution is 7.19. The first-order valence-electron chi connectivity index (χ1n) is 10.0. The molecule has 0 amide bonds. The molecule has 158 valence electrons. The van der Waals surface area contributed by atoms with Crippen molar-refractivity contribution in [3.05, 3.63) is 34.4 Å². The van der Waals surface area contributed by atoms with Crippen LogP contribution >= 0.6 is 22.9 Å². The summed E-state index contributed by atoms with van der Waals surface area (Å²) in [4.78, 5) is 25.5. The molecule has 8 heteroatoms. The highest BCUT2D eigenvalue weighted by atomic mass is 35.5. The summed E-state index contributed by atoms with van der Waals surface area (Å²) in [6.45, 7) is 5.80. The maximum absolute atomic E-state index is 12.1. The molecule has 4 rings (SSSR count). The number of benzene rings is 1. The standard InChI is InChI=1S/C22H24ClN3O3S/c1-4-29-21(27)15-9-11-26(12-10-15)19-18-17(14-5-7-16(28-3)8-6-14)13(2)30-20(18)25-22(23)24-19/h5-8,15H,4,9-12H2,1-3H3. The van der Waals surface area contributed by atoms with Crippen molar-refractivity contribution in [1.29, 1.82) is 0 Å². The highest BCUT2D eigenvalue weighted by Crippen LogP contribution is 2.43. The molecule has 0 atom stereocenters. The van der Waals surface area contributed by atoms with E-state index in [0.29, 0.717) is 6.61 Å². The number of esters is 1. The Kier molecular flexibility index (Phi) is 6.11. The van der Waals surface area contributed by atoms with Crippen LogP contribution in [0.4, 0.5) is 5.82 Å². The molecule has 1 fully saturated rings. The molecule has 0 radical (unpaired) electrons. The van der Waals surface area contributed by atoms with E-state index < -0.39 is 0 Å². The molecule has 0 N–H and O–H groups in total. The van der Waals surface area contributed by atoms with E-state index in [1.54, 1.807) is 18.4 Å². The van der Waals surface area contributed by atoms with E-state index >= 15 is 0 Å². The van der Waals surface area contributed by atoms with Crippen molar-refractivity contribution in [3.63, 3.8) is 0 Å². The van der Waals surface area contributed by atoms with Gasteiger partial charge < -0.3 is 14.4 Å². The molecular weight excluding hydrogens is 422 g/mol. The van der Waals surface area contributed by atoms with Gasteiger partial charge in [-0.15, -0.1) is 11.3 Å². The van der Waals surface area contributed by atoms with Gasteiger partial charge in [-0.1, -0.05) is 12.1 Å². The van der Waals surface area contributed by atoms with Crippen molar-refractivity contribution in [2.75, 3.05) is 31.7 Å². The van der Waals surface area contributed by atoms with Crippen LogP contribution in [0, 0.1) is 12.8 Å². The molecule has 1 aliphatic rings. The van der Waals surface area contributed by atoms with Gasteiger partial charge in [0.2, 0.25) is 5.28 Å². The fraction of sp³-hybridized carbons (Fsp3) is 0.409. The molecule has 6 nitrogen and oxygen atoms in total. The number of aryl methyl sites for hydroxylation is 1. The summed E-state index contributed by atoms with van der Waals surface area (Å²) in [5.74, 6) is 1.49. The second kappa shape index (κ2) is 8.78. The van der Waals surface area contributed by atoms with Crippen LogP contribution in [0.2, 0.25) is 5.28 Å². The number of fused-ring (bicyclic) bond motifs is 1. The number of anilines is 1. The molecule has 3 heterocycles. The number of ether oxygens (including phenoxy) is 2. The van der Waals surface area contributed by atoms with Gasteiger partial charge >= 0.3 is 5.97 Å². The maximum atomic E-state index is 12.1. The number of hydrogen-bond donors (Lipinski definition) is 0. The zero-order chi connectivity index (χ0) is 21.3. The fourth-order valence-corrected chi connectivity index (χ4v) is 5.24. The van der Waals surface area contributed by atoms with E-state index in [9.17, 15) is 4.79 Å². The predicted octanol–water partition coefficient (Wildman–Crippen LogP) is 5.11. The number of halogens is 1. The lowest BCUT2D eigenvalue weighted by atomic mass is 9.96. The van der Waals surface area contributed by atoms with Gasteiger partial charge in [-0.3, -0.25) is 4.79 Å². The van der Waals surface area contributed by atoms with Crippen LogP contribution in [0.1, 0.15) is 24.6 Å². The second-order valence-electron chi connectivity index (χ2n) is 7.27. The van der Waals surface area contributed by atoms with Gasteiger partial charge in [0.15, 0.2) is 0 Å². The van der Waals surface area contributed by atoms with E-state index in [4.69, 9.17) is 21.1 Å². The SMILES string of the molecule is CCOC(=O)C1CCN(c2nc(Cl)nc3sc(C)c(-c4ccc(OC)cc4)c23)CC1. The topological polar surface area (TPSA) is 64.5 Å². The van der Waals surface area contributed by atoms with Crippen molar-refractivity contribution >= 4 is 44.9 Å². The minimum atomic E-state index is -0.103. The molecule has 1 aliphatic heterocycles. The molecule has 0 saturated carbocycles. The average Bonchev–Trinajstić information content (AvgIpc) is 3.09. The number of rotatable bonds is 5. The highest BCUT2D eigenvalue weighted by Gasteiger charge is 2.29. The number of piperidine rings is 1. The Morgan fingerprint density at radius 2 is 1.93 bits per heavy atom. The van der Waals surface area contributed by atoms with E-state index in [-0.39, 0.29) is 17.2 Å². The van der Waals surface area contributed by atoms with Crippen molar-refractivity contribution in [2.45, 2.75) is 26.7 Å². The van der Waals surface area contributed by atoms with Gasteiger partial charge in [-0.2, -0.15) is 4.98 Å². The van der Waals surface area contributed by atoms with Gasteiger partial charge in [0.1, 0.15) is 16.4 Å². The minimum absolute atomic E-state index is 0.0562. The Morgan fingerprint density at radius 1 is 1.23 bits per heavy atom. The molecule has 1 saturated heterocycles. The molecule has 0 spiro atoms. The second-order valence-corrected chi connectivity index (χ2v) is 8.81. The number of nitrogens with zero attached hydrogens (tertiary/aromatic N) is 3. The molecule has 30 heavy (non-hydrogen) atoms. The van der Waals surface area contributed by atoms with Crippen molar-refractivity contribution < 1.29 is 14.3 Å². The first-order chi connectivity index (χ1) is 14.5. The normalized spacial score (nSPS) is 14.9. The van der Waals surface area contributed by atoms with Crippen molar-refractivity contribution in [2.24, 2.45) is 5.92 Å². The quantitative estimate of drug-likeness (QED) is 0.401. The lowest BCUT2D eigenvalue weighted by molar-refractivity contribution is -0.148. The number of aromatic nitrogens is 2. The number of hydrogen-bond acceptors (Lipinski definition) is 7. The molecule has 0 unspecified atom stereocenters. The minimum Gasteiger partial charge on any atom is -0.497 e. The third kappa shape index (κ3) is 3.96. The molecular formula is C22H24ClN3O3S. The van der Waals surface area contributed by atoms with Crippen LogP contribution < -0.4 is 9.64 Å². The van der Waals surface area contributed by atoms with Crippen LogP contribution in [-0.4, -0.2) is 42.7 Å². The lowest BCUT2D eigenvalue weighted by Gasteiger charge is -2.32. The summed E-state index contributed by atoms with van der Waals surface area (Å²) < 4.78 is 10.5. The van der Waals surface area contributed by atoms with E-state index in [2.05, 4.69) is 33.9 Å². The Hall–Kier alpha value is -2.38. The summed E-state index contributed by atoms with van der Waals surface area (Å²) >= 11 is 7.90. The van der Waals surface area contributed by atoms with Crippen LogP contribution in [0.5, 0.6) is 5.75 Å². The number of thiophene rings is 1. The average molecular weight is 446 g/mol. The zero-order valence-electron chi connectivity index (χ0n) is 17.3. The van der Waals surface area contributed by atoms with Crippen LogP contribution in [-0.2, 0) is 9.53 Å².